The van der Waals surface area contributed by atoms with E-state index in [9.17, 15) is 13.6 Å². The Hall–Kier alpha value is -1.80. The Morgan fingerprint density at radius 2 is 1.69 bits per heavy atom. The molecule has 2 bridgehead atoms. The number of hydrogen-bond acceptors (Lipinski definition) is 5. The van der Waals surface area contributed by atoms with Gasteiger partial charge in [-0.1, -0.05) is 0 Å². The predicted octanol–water partition coefficient (Wildman–Crippen LogP) is 2.74. The minimum absolute atomic E-state index is 0. The van der Waals surface area contributed by atoms with Crippen LogP contribution in [0.5, 0.6) is 17.2 Å². The summed E-state index contributed by atoms with van der Waals surface area (Å²) in [5.41, 5.74) is 0.279. The van der Waals surface area contributed by atoms with Crippen LogP contribution in [0.3, 0.4) is 0 Å². The molecule has 6 nitrogen and oxygen atoms in total. The van der Waals surface area contributed by atoms with Crippen molar-refractivity contribution < 1.29 is 27.8 Å². The largest absolute Gasteiger partial charge is 0.493 e. The molecule has 2 unspecified atom stereocenters. The topological polar surface area (TPSA) is 68.8 Å². The molecule has 2 saturated heterocycles. The molecule has 1 aromatic carbocycles. The molecular weight excluding hydrogens is 370 g/mol. The summed E-state index contributed by atoms with van der Waals surface area (Å²) in [6.07, 6.45) is 4.06. The first kappa shape index (κ1) is 20.5. The van der Waals surface area contributed by atoms with E-state index in [1.165, 1.54) is 26.4 Å². The highest BCUT2D eigenvalue weighted by Gasteiger charge is 2.34. The number of piperidine rings is 1. The van der Waals surface area contributed by atoms with Crippen molar-refractivity contribution >= 4 is 18.3 Å². The van der Waals surface area contributed by atoms with Gasteiger partial charge in [0.2, 0.25) is 5.75 Å². The molecule has 0 saturated carbocycles. The molecule has 1 aromatic rings. The molecule has 2 N–H and O–H groups in total. The Bertz CT molecular complexity index is 610. The molecule has 1 amide bonds. The molecule has 0 aromatic heterocycles. The van der Waals surface area contributed by atoms with Crippen molar-refractivity contribution in [3.63, 3.8) is 0 Å². The molecule has 9 heteroatoms. The maximum Gasteiger partial charge on any atom is 0.387 e. The molecule has 0 aliphatic carbocycles. The highest BCUT2D eigenvalue weighted by molar-refractivity contribution is 5.95. The molecule has 146 valence electrons. The number of methoxy groups -OCH3 is 2. The Morgan fingerprint density at radius 1 is 1.15 bits per heavy atom. The SMILES string of the molecule is COc1cc(C(=O)NC2CC3CCC(C2)N3)cc(OC)c1OC(F)F.Cl. The van der Waals surface area contributed by atoms with Gasteiger partial charge in [0.15, 0.2) is 11.5 Å². The van der Waals surface area contributed by atoms with Crippen LogP contribution in [0.1, 0.15) is 36.0 Å². The molecular formula is C17H23ClF2N2O4. The lowest BCUT2D eigenvalue weighted by molar-refractivity contribution is -0.0526. The highest BCUT2D eigenvalue weighted by atomic mass is 35.5. The van der Waals surface area contributed by atoms with Crippen molar-refractivity contribution in [2.45, 2.75) is 50.4 Å². The summed E-state index contributed by atoms with van der Waals surface area (Å²) in [6.45, 7) is -3.02. The minimum Gasteiger partial charge on any atom is -0.493 e. The molecule has 2 aliphatic heterocycles. The average molecular weight is 393 g/mol. The van der Waals surface area contributed by atoms with Gasteiger partial charge in [0.1, 0.15) is 0 Å². The van der Waals surface area contributed by atoms with Crippen LogP contribution in [0.15, 0.2) is 12.1 Å². The lowest BCUT2D eigenvalue weighted by Gasteiger charge is -2.29. The van der Waals surface area contributed by atoms with Crippen molar-refractivity contribution in [3.8, 4) is 17.2 Å². The van der Waals surface area contributed by atoms with Gasteiger partial charge < -0.3 is 24.8 Å². The highest BCUT2D eigenvalue weighted by Crippen LogP contribution is 2.39. The van der Waals surface area contributed by atoms with Crippen molar-refractivity contribution in [1.29, 1.82) is 0 Å². The number of halogens is 3. The van der Waals surface area contributed by atoms with E-state index >= 15 is 0 Å². The number of alkyl halides is 2. The molecule has 0 radical (unpaired) electrons. The fourth-order valence-corrected chi connectivity index (χ4v) is 3.66. The first-order chi connectivity index (χ1) is 12.0. The summed E-state index contributed by atoms with van der Waals surface area (Å²) < 4.78 is 39.8. The van der Waals surface area contributed by atoms with Crippen LogP contribution < -0.4 is 24.8 Å². The zero-order valence-corrected chi connectivity index (χ0v) is 15.4. The summed E-state index contributed by atoms with van der Waals surface area (Å²) in [5, 5.41) is 6.54. The van der Waals surface area contributed by atoms with Crippen molar-refractivity contribution in [2.24, 2.45) is 0 Å². The van der Waals surface area contributed by atoms with Crippen LogP contribution >= 0.6 is 12.4 Å². The third-order valence-electron chi connectivity index (χ3n) is 4.74. The van der Waals surface area contributed by atoms with E-state index in [1.807, 2.05) is 0 Å². The average Bonchev–Trinajstić information content (AvgIpc) is 2.92. The van der Waals surface area contributed by atoms with E-state index < -0.39 is 6.61 Å². The minimum atomic E-state index is -3.02. The van der Waals surface area contributed by atoms with Crippen molar-refractivity contribution in [1.82, 2.24) is 10.6 Å². The molecule has 2 atom stereocenters. The number of nitrogens with one attached hydrogen (secondary N) is 2. The number of amides is 1. The Kier molecular flexibility index (Phi) is 6.88. The summed E-state index contributed by atoms with van der Waals surface area (Å²) in [6, 6.07) is 3.77. The van der Waals surface area contributed by atoms with E-state index in [1.54, 1.807) is 0 Å². The number of ether oxygens (including phenoxy) is 3. The van der Waals surface area contributed by atoms with Crippen molar-refractivity contribution in [3.05, 3.63) is 17.7 Å². The van der Waals surface area contributed by atoms with Gasteiger partial charge in [-0.05, 0) is 37.8 Å². The summed E-state index contributed by atoms with van der Waals surface area (Å²) in [7, 11) is 2.64. The van der Waals surface area contributed by atoms with Gasteiger partial charge in [-0.2, -0.15) is 8.78 Å². The van der Waals surface area contributed by atoms with Gasteiger partial charge in [0.05, 0.1) is 14.2 Å². The Balaban J connectivity index is 0.00000243. The third-order valence-corrected chi connectivity index (χ3v) is 4.74. The standard InChI is InChI=1S/C17H22F2N2O4.ClH/c1-23-13-5-9(6-14(24-2)15(13)25-17(18)19)16(22)21-12-7-10-3-4-11(8-12)20-10;/h5-6,10-12,17,20H,3-4,7-8H2,1-2H3,(H,21,22);1H. The predicted molar refractivity (Wildman–Crippen MR) is 93.9 cm³/mol. The molecule has 26 heavy (non-hydrogen) atoms. The number of benzene rings is 1. The zero-order valence-electron chi connectivity index (χ0n) is 14.6. The van der Waals surface area contributed by atoms with Gasteiger partial charge in [0, 0.05) is 23.7 Å². The van der Waals surface area contributed by atoms with Gasteiger partial charge in [-0.15, -0.1) is 12.4 Å². The van der Waals surface area contributed by atoms with Gasteiger partial charge in [-0.3, -0.25) is 4.79 Å². The summed E-state index contributed by atoms with van der Waals surface area (Å²) in [4.78, 5) is 12.6. The maximum atomic E-state index is 12.6. The van der Waals surface area contributed by atoms with Crippen LogP contribution in [0.4, 0.5) is 8.78 Å². The fraction of sp³-hybridized carbons (Fsp3) is 0.588. The number of carbonyl (C=O) groups excluding carboxylic acids is 1. The smallest absolute Gasteiger partial charge is 0.387 e. The molecule has 3 rings (SSSR count). The van der Waals surface area contributed by atoms with E-state index in [2.05, 4.69) is 15.4 Å². The second-order valence-corrected chi connectivity index (χ2v) is 6.37. The second-order valence-electron chi connectivity index (χ2n) is 6.37. The van der Waals surface area contributed by atoms with Crippen LogP contribution in [-0.4, -0.2) is 44.9 Å². The number of carbonyl (C=O) groups is 1. The lowest BCUT2D eigenvalue weighted by Crippen LogP contribution is -2.48. The van der Waals surface area contributed by atoms with Crippen LogP contribution in [-0.2, 0) is 0 Å². The quantitative estimate of drug-likeness (QED) is 0.779. The third kappa shape index (κ3) is 4.48. The van der Waals surface area contributed by atoms with E-state index in [-0.39, 0.29) is 47.2 Å². The number of fused-ring (bicyclic) bond motifs is 2. The molecule has 0 spiro atoms. The second kappa shape index (κ2) is 8.73. The summed E-state index contributed by atoms with van der Waals surface area (Å²) >= 11 is 0. The first-order valence-electron chi connectivity index (χ1n) is 8.28. The van der Waals surface area contributed by atoms with E-state index in [0.29, 0.717) is 12.1 Å². The Morgan fingerprint density at radius 3 is 2.15 bits per heavy atom. The Labute approximate surface area is 157 Å². The van der Waals surface area contributed by atoms with E-state index in [0.717, 1.165) is 25.7 Å². The summed E-state index contributed by atoms with van der Waals surface area (Å²) in [5.74, 6) is -0.465. The monoisotopic (exact) mass is 392 g/mol. The normalized spacial score (nSPS) is 24.0. The maximum absolute atomic E-state index is 12.6. The van der Waals surface area contributed by atoms with Crippen LogP contribution in [0, 0.1) is 0 Å². The van der Waals surface area contributed by atoms with Crippen LogP contribution in [0.25, 0.3) is 0 Å². The van der Waals surface area contributed by atoms with Gasteiger partial charge in [0.25, 0.3) is 5.91 Å². The number of rotatable bonds is 6. The van der Waals surface area contributed by atoms with Gasteiger partial charge in [-0.25, -0.2) is 0 Å². The zero-order chi connectivity index (χ0) is 18.0. The van der Waals surface area contributed by atoms with Crippen molar-refractivity contribution in [2.75, 3.05) is 14.2 Å². The van der Waals surface area contributed by atoms with Crippen LogP contribution in [0.2, 0.25) is 0 Å². The first-order valence-corrected chi connectivity index (χ1v) is 8.28. The van der Waals surface area contributed by atoms with Gasteiger partial charge >= 0.3 is 6.61 Å². The van der Waals surface area contributed by atoms with E-state index in [4.69, 9.17) is 9.47 Å². The molecule has 2 heterocycles. The molecule has 2 aliphatic rings. The lowest BCUT2D eigenvalue weighted by atomic mass is 9.99. The fourth-order valence-electron chi connectivity index (χ4n) is 3.66. The number of hydrogen-bond donors (Lipinski definition) is 2. The molecule has 2 fully saturated rings.